The van der Waals surface area contributed by atoms with Crippen LogP contribution in [0.25, 0.3) is 17.1 Å². The second-order valence-corrected chi connectivity index (χ2v) is 9.87. The Labute approximate surface area is 218 Å². The Hall–Kier alpha value is -3.97. The quantitative estimate of drug-likeness (QED) is 0.278. The Balaban J connectivity index is 1.53. The van der Waals surface area contributed by atoms with Crippen LogP contribution in [0, 0.1) is 6.92 Å². The molecule has 1 amide bonds. The Morgan fingerprint density at radius 2 is 1.59 bits per heavy atom. The van der Waals surface area contributed by atoms with E-state index in [9.17, 15) is 4.79 Å². The highest BCUT2D eigenvalue weighted by Gasteiger charge is 2.16. The average Bonchev–Trinajstić information content (AvgIpc) is 3.31. The number of nitrogens with zero attached hydrogens (tertiary/aromatic N) is 3. The molecule has 4 aromatic rings. The minimum Gasteiger partial charge on any atom is -0.460 e. The SMILES string of the molecule is CCOCCOc1nc(-c2ccc(C)cc2)n(-c2ccc(NC(=O)c3ccc(C(C)(C)C)cc3)cc2)n1. The number of benzene rings is 3. The molecule has 0 unspecified atom stereocenters. The molecular formula is C30H34N4O3. The number of rotatable bonds is 9. The van der Waals surface area contributed by atoms with Crippen molar-refractivity contribution in [2.24, 2.45) is 0 Å². The summed E-state index contributed by atoms with van der Waals surface area (Å²) in [6.07, 6.45) is 0. The molecule has 0 bridgehead atoms. The number of aryl methyl sites for hydroxylation is 1. The molecule has 0 saturated heterocycles. The molecular weight excluding hydrogens is 464 g/mol. The van der Waals surface area contributed by atoms with Crippen LogP contribution in [-0.2, 0) is 10.2 Å². The highest BCUT2D eigenvalue weighted by Crippen LogP contribution is 2.26. The van der Waals surface area contributed by atoms with Crippen LogP contribution < -0.4 is 10.1 Å². The summed E-state index contributed by atoms with van der Waals surface area (Å²) >= 11 is 0. The van der Waals surface area contributed by atoms with Gasteiger partial charge in [0.1, 0.15) is 6.61 Å². The van der Waals surface area contributed by atoms with Crippen LogP contribution in [0.3, 0.4) is 0 Å². The molecule has 1 N–H and O–H groups in total. The molecule has 0 spiro atoms. The van der Waals surface area contributed by atoms with E-state index in [1.54, 1.807) is 4.68 Å². The number of amides is 1. The normalized spacial score (nSPS) is 11.4. The summed E-state index contributed by atoms with van der Waals surface area (Å²) in [7, 11) is 0. The molecule has 0 aliphatic carbocycles. The van der Waals surface area contributed by atoms with E-state index in [1.165, 1.54) is 5.56 Å². The molecule has 7 nitrogen and oxygen atoms in total. The van der Waals surface area contributed by atoms with Crippen LogP contribution in [0.2, 0.25) is 0 Å². The summed E-state index contributed by atoms with van der Waals surface area (Å²) in [6, 6.07) is 23.6. The fourth-order valence-corrected chi connectivity index (χ4v) is 3.77. The summed E-state index contributed by atoms with van der Waals surface area (Å²) < 4.78 is 12.8. The zero-order valence-corrected chi connectivity index (χ0v) is 22.1. The van der Waals surface area contributed by atoms with Gasteiger partial charge in [0, 0.05) is 23.4 Å². The lowest BCUT2D eigenvalue weighted by Gasteiger charge is -2.19. The first kappa shape index (κ1) is 26.1. The molecule has 1 aromatic heterocycles. The van der Waals surface area contributed by atoms with Crippen molar-refractivity contribution in [2.75, 3.05) is 25.1 Å². The maximum Gasteiger partial charge on any atom is 0.336 e. The molecule has 192 valence electrons. The van der Waals surface area contributed by atoms with E-state index in [4.69, 9.17) is 9.47 Å². The monoisotopic (exact) mass is 498 g/mol. The molecule has 0 aliphatic rings. The van der Waals surface area contributed by atoms with Gasteiger partial charge in [-0.3, -0.25) is 4.79 Å². The van der Waals surface area contributed by atoms with Gasteiger partial charge < -0.3 is 14.8 Å². The second kappa shape index (κ2) is 11.4. The van der Waals surface area contributed by atoms with Gasteiger partial charge in [0.05, 0.1) is 12.3 Å². The minimum absolute atomic E-state index is 0.0395. The first-order chi connectivity index (χ1) is 17.7. The molecule has 0 radical (unpaired) electrons. The van der Waals surface area contributed by atoms with E-state index in [0.717, 1.165) is 16.8 Å². The number of carbonyl (C=O) groups excluding carboxylic acids is 1. The van der Waals surface area contributed by atoms with Gasteiger partial charge in [-0.1, -0.05) is 62.7 Å². The third kappa shape index (κ3) is 6.62. The topological polar surface area (TPSA) is 78.3 Å². The molecule has 0 saturated carbocycles. The van der Waals surface area contributed by atoms with Crippen LogP contribution >= 0.6 is 0 Å². The van der Waals surface area contributed by atoms with Crippen molar-refractivity contribution in [3.05, 3.63) is 89.5 Å². The van der Waals surface area contributed by atoms with Crippen LogP contribution in [0.15, 0.2) is 72.8 Å². The van der Waals surface area contributed by atoms with E-state index >= 15 is 0 Å². The lowest BCUT2D eigenvalue weighted by atomic mass is 9.87. The molecule has 1 heterocycles. The summed E-state index contributed by atoms with van der Waals surface area (Å²) in [4.78, 5) is 17.4. The molecule has 7 heteroatoms. The lowest BCUT2D eigenvalue weighted by Crippen LogP contribution is -2.14. The van der Waals surface area contributed by atoms with Crippen molar-refractivity contribution in [1.82, 2.24) is 14.8 Å². The predicted octanol–water partition coefficient (Wildman–Crippen LogP) is 6.21. The molecule has 4 rings (SSSR count). The van der Waals surface area contributed by atoms with Gasteiger partial charge in [-0.05, 0) is 61.2 Å². The van der Waals surface area contributed by atoms with Gasteiger partial charge in [0.15, 0.2) is 5.82 Å². The van der Waals surface area contributed by atoms with Gasteiger partial charge >= 0.3 is 6.01 Å². The van der Waals surface area contributed by atoms with Crippen molar-refractivity contribution in [2.45, 2.75) is 40.0 Å². The molecule has 3 aromatic carbocycles. The zero-order valence-electron chi connectivity index (χ0n) is 22.1. The maximum atomic E-state index is 12.8. The molecule has 0 atom stereocenters. The van der Waals surface area contributed by atoms with Gasteiger partial charge in [0.2, 0.25) is 0 Å². The van der Waals surface area contributed by atoms with Crippen LogP contribution in [0.4, 0.5) is 5.69 Å². The first-order valence-corrected chi connectivity index (χ1v) is 12.5. The number of hydrogen-bond acceptors (Lipinski definition) is 5. The second-order valence-electron chi connectivity index (χ2n) is 9.87. The fourth-order valence-electron chi connectivity index (χ4n) is 3.77. The Morgan fingerprint density at radius 1 is 0.919 bits per heavy atom. The number of ether oxygens (including phenoxy) is 2. The Kier molecular flexibility index (Phi) is 8.04. The molecule has 0 aliphatic heterocycles. The summed E-state index contributed by atoms with van der Waals surface area (Å²) in [6.45, 7) is 11.9. The van der Waals surface area contributed by atoms with Crippen LogP contribution in [0.1, 0.15) is 49.2 Å². The molecule has 37 heavy (non-hydrogen) atoms. The van der Waals surface area contributed by atoms with Gasteiger partial charge in [-0.2, -0.15) is 4.98 Å². The standard InChI is InChI=1S/C30H34N4O3/c1-6-36-19-20-37-29-32-27(22-9-7-21(2)8-10-22)34(33-29)26-17-15-25(16-18-26)31-28(35)23-11-13-24(14-12-23)30(3,4)5/h7-18H,6,19-20H2,1-5H3,(H,31,35). The van der Waals surface area contributed by atoms with Gasteiger partial charge in [-0.25, -0.2) is 4.68 Å². The highest BCUT2D eigenvalue weighted by atomic mass is 16.5. The maximum absolute atomic E-state index is 12.8. The van der Waals surface area contributed by atoms with Gasteiger partial charge in [-0.15, -0.1) is 5.10 Å². The summed E-state index contributed by atoms with van der Waals surface area (Å²) in [5.74, 6) is 0.515. The van der Waals surface area contributed by atoms with Crippen molar-refractivity contribution in [3.8, 4) is 23.1 Å². The average molecular weight is 499 g/mol. The Bertz CT molecular complexity index is 1320. The minimum atomic E-state index is -0.153. The number of anilines is 1. The largest absolute Gasteiger partial charge is 0.460 e. The Morgan fingerprint density at radius 3 is 2.22 bits per heavy atom. The van der Waals surface area contributed by atoms with Crippen molar-refractivity contribution in [3.63, 3.8) is 0 Å². The van der Waals surface area contributed by atoms with Crippen LogP contribution in [0.5, 0.6) is 6.01 Å². The highest BCUT2D eigenvalue weighted by molar-refractivity contribution is 6.04. The number of aromatic nitrogens is 3. The van der Waals surface area contributed by atoms with E-state index in [0.29, 0.717) is 36.9 Å². The third-order valence-electron chi connectivity index (χ3n) is 5.94. The van der Waals surface area contributed by atoms with Crippen molar-refractivity contribution < 1.29 is 14.3 Å². The third-order valence-corrected chi connectivity index (χ3v) is 5.94. The fraction of sp³-hybridized carbons (Fsp3) is 0.300. The van der Waals surface area contributed by atoms with E-state index in [-0.39, 0.29) is 17.3 Å². The summed E-state index contributed by atoms with van der Waals surface area (Å²) in [5, 5.41) is 7.55. The molecule has 0 fully saturated rings. The predicted molar refractivity (Wildman–Crippen MR) is 147 cm³/mol. The van der Waals surface area contributed by atoms with Gasteiger partial charge in [0.25, 0.3) is 5.91 Å². The van der Waals surface area contributed by atoms with E-state index in [2.05, 4.69) is 36.2 Å². The van der Waals surface area contributed by atoms with Crippen molar-refractivity contribution >= 4 is 11.6 Å². The number of hydrogen-bond donors (Lipinski definition) is 1. The van der Waals surface area contributed by atoms with Crippen LogP contribution in [-0.4, -0.2) is 40.5 Å². The zero-order chi connectivity index (χ0) is 26.4. The van der Waals surface area contributed by atoms with E-state index < -0.39 is 0 Å². The summed E-state index contributed by atoms with van der Waals surface area (Å²) in [5.41, 5.74) is 5.42. The number of nitrogens with one attached hydrogen (secondary N) is 1. The van der Waals surface area contributed by atoms with E-state index in [1.807, 2.05) is 86.6 Å². The first-order valence-electron chi connectivity index (χ1n) is 12.5. The smallest absolute Gasteiger partial charge is 0.336 e. The lowest BCUT2D eigenvalue weighted by molar-refractivity contribution is 0.102. The van der Waals surface area contributed by atoms with Crippen molar-refractivity contribution in [1.29, 1.82) is 0 Å². The number of carbonyl (C=O) groups is 1.